The van der Waals surface area contributed by atoms with E-state index < -0.39 is 0 Å². The van der Waals surface area contributed by atoms with Crippen molar-refractivity contribution in [3.8, 4) is 0 Å². The molecule has 2 rings (SSSR count). The van der Waals surface area contributed by atoms with Gasteiger partial charge >= 0.3 is 0 Å². The van der Waals surface area contributed by atoms with Gasteiger partial charge in [-0.15, -0.1) is 0 Å². The van der Waals surface area contributed by atoms with E-state index in [9.17, 15) is 4.79 Å². The van der Waals surface area contributed by atoms with Crippen LogP contribution in [0.25, 0.3) is 0 Å². The van der Waals surface area contributed by atoms with E-state index >= 15 is 0 Å². The van der Waals surface area contributed by atoms with E-state index in [1.165, 1.54) is 0 Å². The highest BCUT2D eigenvalue weighted by atomic mass is 16.1. The molecule has 1 aromatic rings. The van der Waals surface area contributed by atoms with Crippen LogP contribution in [-0.2, 0) is 4.79 Å². The van der Waals surface area contributed by atoms with Crippen LogP contribution in [-0.4, -0.2) is 15.6 Å². The summed E-state index contributed by atoms with van der Waals surface area (Å²) < 4.78 is 1.90. The average molecular weight is 176 g/mol. The Morgan fingerprint density at radius 3 is 3.08 bits per heavy atom. The van der Waals surface area contributed by atoms with E-state index in [0.717, 1.165) is 0 Å². The molecule has 13 heavy (non-hydrogen) atoms. The summed E-state index contributed by atoms with van der Waals surface area (Å²) in [6, 6.07) is 2.14. The van der Waals surface area contributed by atoms with Crippen molar-refractivity contribution >= 4 is 5.78 Å². The van der Waals surface area contributed by atoms with Crippen LogP contribution in [0.2, 0.25) is 0 Å². The van der Waals surface area contributed by atoms with Crippen LogP contribution in [0.3, 0.4) is 0 Å². The minimum atomic E-state index is 0.218. The van der Waals surface area contributed by atoms with Gasteiger partial charge in [0, 0.05) is 18.8 Å². The molecule has 0 spiro atoms. The number of rotatable bonds is 1. The molecular weight excluding hydrogens is 164 g/mol. The second-order valence-corrected chi connectivity index (χ2v) is 3.48. The Hall–Kier alpha value is -1.38. The van der Waals surface area contributed by atoms with Crippen molar-refractivity contribution in [1.82, 2.24) is 9.78 Å². The Kier molecular flexibility index (Phi) is 2.00. The Labute approximate surface area is 77.1 Å². The fourth-order valence-corrected chi connectivity index (χ4v) is 1.71. The van der Waals surface area contributed by atoms with E-state index in [1.807, 2.05) is 23.0 Å². The van der Waals surface area contributed by atoms with Gasteiger partial charge in [0.05, 0.1) is 6.04 Å². The van der Waals surface area contributed by atoms with Crippen LogP contribution in [0.5, 0.6) is 0 Å². The summed E-state index contributed by atoms with van der Waals surface area (Å²) in [5.74, 6) is 0.563. The van der Waals surface area contributed by atoms with Gasteiger partial charge in [0.1, 0.15) is 0 Å². The maximum Gasteiger partial charge on any atom is 0.155 e. The lowest BCUT2D eigenvalue weighted by atomic mass is 9.91. The molecule has 0 amide bonds. The number of carbonyl (C=O) groups excluding carboxylic acids is 1. The van der Waals surface area contributed by atoms with Gasteiger partial charge < -0.3 is 0 Å². The Morgan fingerprint density at radius 2 is 2.46 bits per heavy atom. The van der Waals surface area contributed by atoms with Gasteiger partial charge in [-0.2, -0.15) is 5.10 Å². The lowest BCUT2D eigenvalue weighted by molar-refractivity contribution is -0.116. The minimum Gasteiger partial charge on any atom is -0.295 e. The van der Waals surface area contributed by atoms with E-state index in [-0.39, 0.29) is 11.8 Å². The summed E-state index contributed by atoms with van der Waals surface area (Å²) in [5, 5.41) is 4.17. The Balaban J connectivity index is 2.25. The van der Waals surface area contributed by atoms with Crippen LogP contribution < -0.4 is 0 Å². The van der Waals surface area contributed by atoms with Gasteiger partial charge in [-0.05, 0) is 18.1 Å². The fraction of sp³-hybridized carbons (Fsp3) is 0.400. The van der Waals surface area contributed by atoms with Gasteiger partial charge in [-0.25, -0.2) is 0 Å². The molecule has 2 atom stereocenters. The largest absolute Gasteiger partial charge is 0.295 e. The Bertz CT molecular complexity index is 327. The molecule has 0 aliphatic heterocycles. The number of ketones is 1. The third-order valence-electron chi connectivity index (χ3n) is 2.42. The van der Waals surface area contributed by atoms with Crippen LogP contribution in [0, 0.1) is 5.92 Å². The zero-order valence-electron chi connectivity index (χ0n) is 7.55. The predicted octanol–water partition coefficient (Wildman–Crippen LogP) is 1.59. The van der Waals surface area contributed by atoms with Crippen molar-refractivity contribution < 1.29 is 4.79 Å². The highest BCUT2D eigenvalue weighted by molar-refractivity contribution is 5.90. The van der Waals surface area contributed by atoms with Gasteiger partial charge in [0.15, 0.2) is 5.78 Å². The molecule has 3 nitrogen and oxygen atoms in total. The lowest BCUT2D eigenvalue weighted by Crippen LogP contribution is -2.21. The van der Waals surface area contributed by atoms with Crippen molar-refractivity contribution in [3.05, 3.63) is 30.6 Å². The van der Waals surface area contributed by atoms with Gasteiger partial charge in [-0.3, -0.25) is 9.48 Å². The number of carbonyl (C=O) groups is 1. The van der Waals surface area contributed by atoms with Crippen molar-refractivity contribution in [2.24, 2.45) is 5.92 Å². The van der Waals surface area contributed by atoms with E-state index in [1.54, 1.807) is 12.3 Å². The first-order valence-corrected chi connectivity index (χ1v) is 4.47. The Morgan fingerprint density at radius 1 is 1.62 bits per heavy atom. The molecule has 1 aromatic heterocycles. The first kappa shape index (κ1) is 8.23. The SMILES string of the molecule is C[C@H]1CC(=O)C=C[C@H]1n1cccn1. The third-order valence-corrected chi connectivity index (χ3v) is 2.42. The van der Waals surface area contributed by atoms with Crippen LogP contribution >= 0.6 is 0 Å². The van der Waals surface area contributed by atoms with Crippen LogP contribution in [0.4, 0.5) is 0 Å². The molecule has 0 saturated heterocycles. The minimum absolute atomic E-state index is 0.218. The molecule has 0 unspecified atom stereocenters. The maximum atomic E-state index is 11.1. The number of nitrogens with zero attached hydrogens (tertiary/aromatic N) is 2. The molecule has 68 valence electrons. The molecule has 0 bridgehead atoms. The van der Waals surface area contributed by atoms with Crippen molar-refractivity contribution in [1.29, 1.82) is 0 Å². The molecule has 3 heteroatoms. The molecule has 0 radical (unpaired) electrons. The molecular formula is C10H12N2O. The summed E-state index contributed by atoms with van der Waals surface area (Å²) >= 11 is 0. The molecule has 0 saturated carbocycles. The zero-order valence-corrected chi connectivity index (χ0v) is 7.55. The number of hydrogen-bond donors (Lipinski definition) is 0. The topological polar surface area (TPSA) is 34.9 Å². The van der Waals surface area contributed by atoms with Crippen molar-refractivity contribution in [3.63, 3.8) is 0 Å². The lowest BCUT2D eigenvalue weighted by Gasteiger charge is -2.23. The molecule has 0 N–H and O–H groups in total. The highest BCUT2D eigenvalue weighted by Gasteiger charge is 2.22. The van der Waals surface area contributed by atoms with Crippen LogP contribution in [0.1, 0.15) is 19.4 Å². The second-order valence-electron chi connectivity index (χ2n) is 3.48. The molecule has 1 aliphatic rings. The highest BCUT2D eigenvalue weighted by Crippen LogP contribution is 2.25. The predicted molar refractivity (Wildman–Crippen MR) is 49.2 cm³/mol. The molecule has 1 heterocycles. The van der Waals surface area contributed by atoms with Gasteiger partial charge in [-0.1, -0.05) is 13.0 Å². The monoisotopic (exact) mass is 176 g/mol. The standard InChI is InChI=1S/C10H12N2O/c1-8-7-9(13)3-4-10(8)12-6-2-5-11-12/h2-6,8,10H,7H2,1H3/t8-,10+/m0/s1. The molecule has 0 aromatic carbocycles. The third kappa shape index (κ3) is 1.54. The smallest absolute Gasteiger partial charge is 0.155 e. The van der Waals surface area contributed by atoms with Gasteiger partial charge in [0.2, 0.25) is 0 Å². The summed E-state index contributed by atoms with van der Waals surface area (Å²) in [4.78, 5) is 11.1. The maximum absolute atomic E-state index is 11.1. The van der Waals surface area contributed by atoms with Crippen LogP contribution in [0.15, 0.2) is 30.6 Å². The molecule has 1 aliphatic carbocycles. The van der Waals surface area contributed by atoms with E-state index in [0.29, 0.717) is 12.3 Å². The molecule has 0 fully saturated rings. The second kappa shape index (κ2) is 3.17. The van der Waals surface area contributed by atoms with Crippen molar-refractivity contribution in [2.75, 3.05) is 0 Å². The zero-order chi connectivity index (χ0) is 9.26. The normalized spacial score (nSPS) is 27.9. The van der Waals surface area contributed by atoms with E-state index in [2.05, 4.69) is 12.0 Å². The number of hydrogen-bond acceptors (Lipinski definition) is 2. The quantitative estimate of drug-likeness (QED) is 0.651. The summed E-state index contributed by atoms with van der Waals surface area (Å²) in [6.07, 6.45) is 7.91. The average Bonchev–Trinajstić information content (AvgIpc) is 2.56. The number of aromatic nitrogens is 2. The summed E-state index contributed by atoms with van der Waals surface area (Å²) in [6.45, 7) is 2.08. The fourth-order valence-electron chi connectivity index (χ4n) is 1.71. The van der Waals surface area contributed by atoms with Crippen molar-refractivity contribution in [2.45, 2.75) is 19.4 Å². The first-order valence-electron chi connectivity index (χ1n) is 4.47. The first-order chi connectivity index (χ1) is 6.27. The summed E-state index contributed by atoms with van der Waals surface area (Å²) in [7, 11) is 0. The van der Waals surface area contributed by atoms with Gasteiger partial charge in [0.25, 0.3) is 0 Å². The summed E-state index contributed by atoms with van der Waals surface area (Å²) in [5.41, 5.74) is 0. The van der Waals surface area contributed by atoms with E-state index in [4.69, 9.17) is 0 Å². The number of allylic oxidation sites excluding steroid dienone is 2.